The van der Waals surface area contributed by atoms with E-state index in [1.807, 2.05) is 80.6 Å². The van der Waals surface area contributed by atoms with Gasteiger partial charge in [0.25, 0.3) is 5.56 Å². The van der Waals surface area contributed by atoms with Crippen LogP contribution in [-0.4, -0.2) is 24.3 Å². The van der Waals surface area contributed by atoms with Gasteiger partial charge in [0.2, 0.25) is 0 Å². The lowest BCUT2D eigenvalue weighted by Gasteiger charge is -2.24. The third-order valence-corrected chi connectivity index (χ3v) is 7.81. The van der Waals surface area contributed by atoms with E-state index in [-0.39, 0.29) is 12.2 Å². The summed E-state index contributed by atoms with van der Waals surface area (Å²) in [6.45, 7) is 8.16. The highest BCUT2D eigenvalue weighted by Crippen LogP contribution is 2.30. The van der Waals surface area contributed by atoms with Crippen molar-refractivity contribution in [2.75, 3.05) is 13.7 Å². The summed E-state index contributed by atoms with van der Waals surface area (Å²) < 4.78 is 19.2. The highest BCUT2D eigenvalue weighted by Gasteiger charge is 2.33. The number of thiazole rings is 1. The fraction of sp³-hybridized carbons (Fsp3) is 0.242. The molecule has 1 aliphatic rings. The highest BCUT2D eigenvalue weighted by atomic mass is 32.1. The summed E-state index contributed by atoms with van der Waals surface area (Å²) in [4.78, 5) is 32.1. The van der Waals surface area contributed by atoms with Crippen molar-refractivity contribution in [1.82, 2.24) is 4.57 Å². The minimum Gasteiger partial charge on any atom is -0.496 e. The normalized spacial score (nSPS) is 14.9. The topological polar surface area (TPSA) is 79.1 Å². The van der Waals surface area contributed by atoms with Gasteiger partial charge in [0.05, 0.1) is 35.6 Å². The molecule has 0 spiro atoms. The SMILES string of the molecule is CCOC(=O)C1=C(C)N=c2sc(=Cc3ccc(OC)c(COc4cc(C)cc(C)c4)c3)c(=O)n2C1c1ccccc1. The number of carbonyl (C=O) groups is 1. The van der Waals surface area contributed by atoms with E-state index in [1.54, 1.807) is 25.5 Å². The molecule has 1 aliphatic heterocycles. The Labute approximate surface area is 242 Å². The van der Waals surface area contributed by atoms with E-state index in [9.17, 15) is 9.59 Å². The maximum atomic E-state index is 13.9. The quantitative estimate of drug-likeness (QED) is 0.280. The minimum absolute atomic E-state index is 0.222. The Balaban J connectivity index is 1.56. The number of aromatic nitrogens is 1. The molecule has 210 valence electrons. The molecule has 2 heterocycles. The van der Waals surface area contributed by atoms with E-state index in [4.69, 9.17) is 14.2 Å². The minimum atomic E-state index is -0.633. The van der Waals surface area contributed by atoms with Gasteiger partial charge in [-0.25, -0.2) is 9.79 Å². The number of carbonyl (C=O) groups excluding carboxylic acids is 1. The Morgan fingerprint density at radius 1 is 1.02 bits per heavy atom. The second-order valence-electron chi connectivity index (χ2n) is 9.90. The van der Waals surface area contributed by atoms with Crippen LogP contribution in [0, 0.1) is 13.8 Å². The Bertz CT molecular complexity index is 1800. The van der Waals surface area contributed by atoms with Crippen molar-refractivity contribution >= 4 is 23.4 Å². The molecule has 0 N–H and O–H groups in total. The predicted molar refractivity (Wildman–Crippen MR) is 160 cm³/mol. The molecule has 0 amide bonds. The molecule has 8 heteroatoms. The number of aryl methyl sites for hydroxylation is 2. The molecule has 3 aromatic carbocycles. The van der Waals surface area contributed by atoms with Crippen molar-refractivity contribution in [2.24, 2.45) is 4.99 Å². The van der Waals surface area contributed by atoms with Gasteiger partial charge < -0.3 is 14.2 Å². The second kappa shape index (κ2) is 12.0. The molecule has 0 radical (unpaired) electrons. The number of methoxy groups -OCH3 is 1. The first-order valence-electron chi connectivity index (χ1n) is 13.4. The third-order valence-electron chi connectivity index (χ3n) is 6.82. The Kier molecular flexibility index (Phi) is 8.21. The molecule has 5 rings (SSSR count). The molecular formula is C33H32N2O5S. The molecule has 0 fully saturated rings. The summed E-state index contributed by atoms with van der Waals surface area (Å²) in [6.07, 6.45) is 1.84. The zero-order valence-corrected chi connectivity index (χ0v) is 24.6. The summed E-state index contributed by atoms with van der Waals surface area (Å²) in [5.74, 6) is 1.02. The van der Waals surface area contributed by atoms with Gasteiger partial charge in [-0.05, 0) is 80.3 Å². The number of hydrogen-bond donors (Lipinski definition) is 0. The van der Waals surface area contributed by atoms with Gasteiger partial charge in [-0.2, -0.15) is 0 Å². The summed E-state index contributed by atoms with van der Waals surface area (Å²) in [5.41, 5.74) is 5.45. The molecule has 0 saturated heterocycles. The monoisotopic (exact) mass is 568 g/mol. The van der Waals surface area contributed by atoms with Gasteiger partial charge in [0.1, 0.15) is 18.1 Å². The lowest BCUT2D eigenvalue weighted by Crippen LogP contribution is -2.39. The summed E-state index contributed by atoms with van der Waals surface area (Å²) in [6, 6.07) is 20.7. The van der Waals surface area contributed by atoms with Crippen LogP contribution in [0.4, 0.5) is 0 Å². The molecule has 0 bridgehead atoms. The van der Waals surface area contributed by atoms with E-state index in [0.717, 1.165) is 33.6 Å². The number of allylic oxidation sites excluding steroid dienone is 1. The number of hydrogen-bond acceptors (Lipinski definition) is 7. The van der Waals surface area contributed by atoms with Crippen LogP contribution in [0.1, 0.15) is 47.7 Å². The Morgan fingerprint density at radius 2 is 1.76 bits per heavy atom. The highest BCUT2D eigenvalue weighted by molar-refractivity contribution is 7.07. The lowest BCUT2D eigenvalue weighted by atomic mass is 9.96. The number of fused-ring (bicyclic) bond motifs is 1. The van der Waals surface area contributed by atoms with Crippen molar-refractivity contribution in [3.8, 4) is 11.5 Å². The summed E-state index contributed by atoms with van der Waals surface area (Å²) in [5, 5.41) is 0. The van der Waals surface area contributed by atoms with Gasteiger partial charge >= 0.3 is 5.97 Å². The number of ether oxygens (including phenoxy) is 3. The van der Waals surface area contributed by atoms with Crippen LogP contribution < -0.4 is 24.4 Å². The van der Waals surface area contributed by atoms with Gasteiger partial charge in [0, 0.05) is 5.56 Å². The average Bonchev–Trinajstić information content (AvgIpc) is 3.25. The smallest absolute Gasteiger partial charge is 0.338 e. The van der Waals surface area contributed by atoms with E-state index in [2.05, 4.69) is 11.1 Å². The molecule has 1 unspecified atom stereocenters. The zero-order chi connectivity index (χ0) is 29.1. The van der Waals surface area contributed by atoms with Gasteiger partial charge in [-0.15, -0.1) is 0 Å². The second-order valence-corrected chi connectivity index (χ2v) is 10.9. The van der Waals surface area contributed by atoms with Crippen LogP contribution in [0.15, 0.2) is 87.8 Å². The average molecular weight is 569 g/mol. The Hall–Kier alpha value is -4.43. The number of esters is 1. The van der Waals surface area contributed by atoms with Gasteiger partial charge in [0.15, 0.2) is 4.80 Å². The van der Waals surface area contributed by atoms with Crippen LogP contribution in [0.2, 0.25) is 0 Å². The number of rotatable bonds is 8. The van der Waals surface area contributed by atoms with Crippen LogP contribution >= 0.6 is 11.3 Å². The first-order chi connectivity index (χ1) is 19.8. The maximum Gasteiger partial charge on any atom is 0.338 e. The van der Waals surface area contributed by atoms with E-state index >= 15 is 0 Å². The van der Waals surface area contributed by atoms with Crippen LogP contribution in [0.3, 0.4) is 0 Å². The van der Waals surface area contributed by atoms with Crippen molar-refractivity contribution < 1.29 is 19.0 Å². The number of nitrogens with zero attached hydrogens (tertiary/aromatic N) is 2. The van der Waals surface area contributed by atoms with Crippen molar-refractivity contribution in [3.05, 3.63) is 126 Å². The predicted octanol–water partition coefficient (Wildman–Crippen LogP) is 5.00. The molecular weight excluding hydrogens is 536 g/mol. The number of benzene rings is 3. The van der Waals surface area contributed by atoms with E-state index in [1.165, 1.54) is 11.3 Å². The zero-order valence-electron chi connectivity index (χ0n) is 23.8. The molecule has 1 atom stereocenters. The first-order valence-corrected chi connectivity index (χ1v) is 14.2. The molecule has 0 aliphatic carbocycles. The molecule has 7 nitrogen and oxygen atoms in total. The fourth-order valence-corrected chi connectivity index (χ4v) is 6.12. The van der Waals surface area contributed by atoms with Crippen molar-refractivity contribution in [1.29, 1.82) is 0 Å². The van der Waals surface area contributed by atoms with E-state index < -0.39 is 12.0 Å². The molecule has 4 aromatic rings. The first kappa shape index (κ1) is 28.1. The molecule has 41 heavy (non-hydrogen) atoms. The fourth-order valence-electron chi connectivity index (χ4n) is 5.07. The largest absolute Gasteiger partial charge is 0.496 e. The molecule has 1 aromatic heterocycles. The van der Waals surface area contributed by atoms with Crippen molar-refractivity contribution in [3.63, 3.8) is 0 Å². The summed E-state index contributed by atoms with van der Waals surface area (Å²) >= 11 is 1.29. The third kappa shape index (κ3) is 5.88. The van der Waals surface area contributed by atoms with Crippen molar-refractivity contribution in [2.45, 2.75) is 40.3 Å². The van der Waals surface area contributed by atoms with E-state index in [0.29, 0.717) is 33.0 Å². The van der Waals surface area contributed by atoms with Crippen LogP contribution in [-0.2, 0) is 16.1 Å². The Morgan fingerprint density at radius 3 is 2.44 bits per heavy atom. The lowest BCUT2D eigenvalue weighted by molar-refractivity contribution is -0.139. The van der Waals surface area contributed by atoms with Gasteiger partial charge in [-0.1, -0.05) is 53.8 Å². The van der Waals surface area contributed by atoms with Crippen LogP contribution in [0.25, 0.3) is 6.08 Å². The van der Waals surface area contributed by atoms with Gasteiger partial charge in [-0.3, -0.25) is 9.36 Å². The standard InChI is InChI=1S/C33H32N2O5S/c1-6-39-32(37)29-22(4)34-33-35(30(29)24-10-8-7-9-11-24)31(36)28(41-33)18-23-12-13-27(38-5)25(17-23)19-40-26-15-20(2)14-21(3)16-26/h7-18,30H,6,19H2,1-5H3. The van der Waals surface area contributed by atoms with Crippen LogP contribution in [0.5, 0.6) is 11.5 Å². The molecule has 0 saturated carbocycles. The maximum absolute atomic E-state index is 13.9. The summed E-state index contributed by atoms with van der Waals surface area (Å²) in [7, 11) is 1.63.